The molecule has 21 heavy (non-hydrogen) atoms. The van der Waals surface area contributed by atoms with Gasteiger partial charge in [0.25, 0.3) is 0 Å². The van der Waals surface area contributed by atoms with Crippen LogP contribution in [0.15, 0.2) is 84.9 Å². The standard InChI is InChI=1S/2C10H7.Mg/c2*1-2-6-10-8-4-3-7-9(10)5-1;/h2*1-7H;/q2*-1;+2. The molecule has 4 rings (SSSR count). The Morgan fingerprint density at radius 1 is 0.476 bits per heavy atom. The van der Waals surface area contributed by atoms with E-state index in [2.05, 4.69) is 48.5 Å². The minimum Gasteiger partial charge on any atom is -0.147 e. The quantitative estimate of drug-likeness (QED) is 0.317. The smallest absolute Gasteiger partial charge is 0.147 e. The summed E-state index contributed by atoms with van der Waals surface area (Å²) < 4.78 is 0. The maximum absolute atomic E-state index is 3.15. The molecule has 4 aromatic rings. The molecule has 0 aliphatic heterocycles. The monoisotopic (exact) mass is 278 g/mol. The van der Waals surface area contributed by atoms with Crippen LogP contribution in [0.4, 0.5) is 0 Å². The van der Waals surface area contributed by atoms with Gasteiger partial charge in [-0.2, -0.15) is 0 Å². The van der Waals surface area contributed by atoms with E-state index in [1.807, 2.05) is 48.5 Å². The third-order valence-electron chi connectivity index (χ3n) is 3.14. The molecule has 4 aromatic carbocycles. The Balaban J connectivity index is 0.000000147. The fraction of sp³-hybridized carbons (Fsp3) is 0. The summed E-state index contributed by atoms with van der Waals surface area (Å²) in [7, 11) is 0. The van der Waals surface area contributed by atoms with E-state index in [1.54, 1.807) is 0 Å². The van der Waals surface area contributed by atoms with Gasteiger partial charge in [-0.1, -0.05) is 24.3 Å². The minimum atomic E-state index is 0. The first kappa shape index (κ1) is 15.6. The Bertz CT molecular complexity index is 619. The van der Waals surface area contributed by atoms with Gasteiger partial charge < -0.3 is 0 Å². The van der Waals surface area contributed by atoms with Crippen LogP contribution in [0, 0.1) is 12.1 Å². The summed E-state index contributed by atoms with van der Waals surface area (Å²) in [5, 5.41) is 4.88. The largest absolute Gasteiger partial charge is 2.00 e. The molecule has 0 radical (unpaired) electrons. The zero-order valence-electron chi connectivity index (χ0n) is 11.8. The van der Waals surface area contributed by atoms with Crippen molar-refractivity contribution in [2.45, 2.75) is 0 Å². The SMILES string of the molecule is [Mg+2].[c-]1cccc2ccccc12.[c-]1cccc2ccccc12. The van der Waals surface area contributed by atoms with Crippen LogP contribution in [0.25, 0.3) is 21.5 Å². The molecule has 0 aliphatic carbocycles. The third-order valence-corrected chi connectivity index (χ3v) is 3.14. The molecule has 0 saturated heterocycles. The van der Waals surface area contributed by atoms with Gasteiger partial charge in [-0.05, 0) is 0 Å². The van der Waals surface area contributed by atoms with E-state index in [1.165, 1.54) is 21.5 Å². The molecule has 1 heteroatoms. The van der Waals surface area contributed by atoms with Crippen molar-refractivity contribution < 1.29 is 0 Å². The summed E-state index contributed by atoms with van der Waals surface area (Å²) in [5.41, 5.74) is 0. The van der Waals surface area contributed by atoms with Crippen molar-refractivity contribution in [3.63, 3.8) is 0 Å². The first-order valence-corrected chi connectivity index (χ1v) is 6.64. The van der Waals surface area contributed by atoms with Crippen molar-refractivity contribution in [3.05, 3.63) is 97.1 Å². The van der Waals surface area contributed by atoms with E-state index in [0.717, 1.165) is 0 Å². The van der Waals surface area contributed by atoms with Crippen molar-refractivity contribution in [3.8, 4) is 0 Å². The molecule has 0 amide bonds. The molecule has 0 atom stereocenters. The fourth-order valence-electron chi connectivity index (χ4n) is 2.13. The molecule has 96 valence electrons. The van der Waals surface area contributed by atoms with Crippen LogP contribution < -0.4 is 0 Å². The van der Waals surface area contributed by atoms with Gasteiger partial charge in [-0.25, -0.2) is 0 Å². The molecule has 0 bridgehead atoms. The zero-order valence-corrected chi connectivity index (χ0v) is 13.2. The molecule has 0 unspecified atom stereocenters. The maximum atomic E-state index is 3.15. The molecule has 0 nitrogen and oxygen atoms in total. The zero-order chi connectivity index (χ0) is 13.6. The first-order valence-electron chi connectivity index (χ1n) is 6.64. The molecule has 0 saturated carbocycles. The van der Waals surface area contributed by atoms with Crippen molar-refractivity contribution >= 4 is 44.6 Å². The van der Waals surface area contributed by atoms with Gasteiger partial charge >= 0.3 is 23.1 Å². The summed E-state index contributed by atoms with van der Waals surface area (Å²) >= 11 is 0. The summed E-state index contributed by atoms with van der Waals surface area (Å²) in [6.07, 6.45) is 0. The van der Waals surface area contributed by atoms with Gasteiger partial charge in [0.15, 0.2) is 0 Å². The van der Waals surface area contributed by atoms with E-state index >= 15 is 0 Å². The predicted molar refractivity (Wildman–Crippen MR) is 91.3 cm³/mol. The van der Waals surface area contributed by atoms with E-state index in [9.17, 15) is 0 Å². The molecule has 0 fully saturated rings. The molecule has 0 spiro atoms. The van der Waals surface area contributed by atoms with Crippen LogP contribution in [-0.4, -0.2) is 23.1 Å². The van der Waals surface area contributed by atoms with Gasteiger partial charge in [0.2, 0.25) is 0 Å². The van der Waals surface area contributed by atoms with Crippen LogP contribution in [0.1, 0.15) is 0 Å². The molecular formula is C20H14Mg. The fourth-order valence-corrected chi connectivity index (χ4v) is 2.13. The molecule has 0 aliphatic rings. The Kier molecular flexibility index (Phi) is 5.79. The second-order valence-electron chi connectivity index (χ2n) is 4.51. The number of hydrogen-bond donors (Lipinski definition) is 0. The second-order valence-corrected chi connectivity index (χ2v) is 4.51. The van der Waals surface area contributed by atoms with E-state index in [4.69, 9.17) is 0 Å². The summed E-state index contributed by atoms with van der Waals surface area (Å²) in [5.74, 6) is 0. The average molecular weight is 279 g/mol. The molecule has 0 heterocycles. The van der Waals surface area contributed by atoms with Gasteiger partial charge in [-0.3, -0.25) is 0 Å². The summed E-state index contributed by atoms with van der Waals surface area (Å²) in [6.45, 7) is 0. The molecular weight excluding hydrogens is 265 g/mol. The van der Waals surface area contributed by atoms with Crippen LogP contribution in [0.3, 0.4) is 0 Å². The number of rotatable bonds is 0. The Hall–Kier alpha value is -1.83. The average Bonchev–Trinajstić information content (AvgIpc) is 2.56. The molecule has 0 N–H and O–H groups in total. The van der Waals surface area contributed by atoms with Crippen molar-refractivity contribution in [2.24, 2.45) is 0 Å². The number of benzene rings is 4. The van der Waals surface area contributed by atoms with Crippen molar-refractivity contribution in [1.29, 1.82) is 0 Å². The van der Waals surface area contributed by atoms with Gasteiger partial charge in [0.05, 0.1) is 0 Å². The van der Waals surface area contributed by atoms with E-state index in [-0.39, 0.29) is 23.1 Å². The second kappa shape index (κ2) is 7.82. The van der Waals surface area contributed by atoms with Gasteiger partial charge in [0, 0.05) is 0 Å². The van der Waals surface area contributed by atoms with Crippen LogP contribution in [0.2, 0.25) is 0 Å². The predicted octanol–water partition coefficient (Wildman–Crippen LogP) is 4.90. The van der Waals surface area contributed by atoms with Crippen LogP contribution >= 0.6 is 0 Å². The van der Waals surface area contributed by atoms with Crippen LogP contribution in [-0.2, 0) is 0 Å². The Labute approximate surface area is 141 Å². The Morgan fingerprint density at radius 3 is 1.29 bits per heavy atom. The Morgan fingerprint density at radius 2 is 0.857 bits per heavy atom. The third kappa shape index (κ3) is 4.07. The maximum Gasteiger partial charge on any atom is 2.00 e. The van der Waals surface area contributed by atoms with E-state index in [0.29, 0.717) is 0 Å². The van der Waals surface area contributed by atoms with Crippen molar-refractivity contribution in [1.82, 2.24) is 0 Å². The normalized spacial score (nSPS) is 9.52. The summed E-state index contributed by atoms with van der Waals surface area (Å²) in [6, 6.07) is 34.8. The number of hydrogen-bond acceptors (Lipinski definition) is 0. The van der Waals surface area contributed by atoms with Crippen molar-refractivity contribution in [2.75, 3.05) is 0 Å². The van der Waals surface area contributed by atoms with Gasteiger partial charge in [0.1, 0.15) is 0 Å². The topological polar surface area (TPSA) is 0 Å². The van der Waals surface area contributed by atoms with Crippen LogP contribution in [0.5, 0.6) is 0 Å². The number of fused-ring (bicyclic) bond motifs is 2. The van der Waals surface area contributed by atoms with E-state index < -0.39 is 0 Å². The molecule has 0 aromatic heterocycles. The summed E-state index contributed by atoms with van der Waals surface area (Å²) in [4.78, 5) is 0. The first-order chi connectivity index (χ1) is 9.93. The van der Waals surface area contributed by atoms with Gasteiger partial charge in [-0.15, -0.1) is 94.3 Å². The minimum absolute atomic E-state index is 0.